The van der Waals surface area contributed by atoms with Crippen molar-refractivity contribution in [2.24, 2.45) is 0 Å². The van der Waals surface area contributed by atoms with Crippen molar-refractivity contribution in [1.82, 2.24) is 20.3 Å². The van der Waals surface area contributed by atoms with Crippen LogP contribution in [0.25, 0.3) is 0 Å². The third-order valence-corrected chi connectivity index (χ3v) is 5.02. The highest BCUT2D eigenvalue weighted by Gasteiger charge is 2.18. The summed E-state index contributed by atoms with van der Waals surface area (Å²) in [4.78, 5) is 12.5. The summed E-state index contributed by atoms with van der Waals surface area (Å²) in [6, 6.07) is 18.0. The van der Waals surface area contributed by atoms with E-state index in [1.165, 1.54) is 0 Å². The Bertz CT molecular complexity index is 924. The number of amides is 1. The first-order valence-corrected chi connectivity index (χ1v) is 9.92. The maximum atomic E-state index is 12.5. The maximum absolute atomic E-state index is 12.5. The Kier molecular flexibility index (Phi) is 7.96. The predicted molar refractivity (Wildman–Crippen MR) is 118 cm³/mol. The van der Waals surface area contributed by atoms with Crippen molar-refractivity contribution in [1.29, 1.82) is 0 Å². The molecule has 0 radical (unpaired) electrons. The van der Waals surface area contributed by atoms with Gasteiger partial charge < -0.3 is 15.4 Å². The van der Waals surface area contributed by atoms with Crippen LogP contribution < -0.4 is 10.6 Å². The highest BCUT2D eigenvalue weighted by atomic mass is 35.5. The smallest absolute Gasteiger partial charge is 0.277 e. The molecule has 3 aromatic rings. The number of benzene rings is 2. The molecule has 1 amide bonds. The van der Waals surface area contributed by atoms with Crippen LogP contribution in [0.3, 0.4) is 0 Å². The van der Waals surface area contributed by atoms with E-state index >= 15 is 0 Å². The lowest BCUT2D eigenvalue weighted by Crippen LogP contribution is -2.29. The van der Waals surface area contributed by atoms with Crippen LogP contribution >= 0.6 is 12.4 Å². The van der Waals surface area contributed by atoms with E-state index in [1.54, 1.807) is 6.20 Å². The van der Waals surface area contributed by atoms with Gasteiger partial charge in [0.2, 0.25) is 0 Å². The van der Waals surface area contributed by atoms with Crippen molar-refractivity contribution in [2.75, 3.05) is 18.4 Å². The molecule has 0 saturated carbocycles. The zero-order chi connectivity index (χ0) is 19.9. The largest absolute Gasteiger partial charge is 0.372 e. The number of anilines is 1. The third kappa shape index (κ3) is 5.89. The van der Waals surface area contributed by atoms with Crippen molar-refractivity contribution >= 4 is 24.0 Å². The summed E-state index contributed by atoms with van der Waals surface area (Å²) >= 11 is 0. The summed E-state index contributed by atoms with van der Waals surface area (Å²) in [6.07, 6.45) is 3.73. The second-order valence-corrected chi connectivity index (χ2v) is 7.19. The van der Waals surface area contributed by atoms with E-state index in [0.717, 1.165) is 42.7 Å². The van der Waals surface area contributed by atoms with Gasteiger partial charge in [-0.15, -0.1) is 17.5 Å². The summed E-state index contributed by atoms with van der Waals surface area (Å²) in [7, 11) is 0. The monoisotopic (exact) mass is 427 g/mol. The highest BCUT2D eigenvalue weighted by molar-refractivity contribution is 6.02. The Balaban J connectivity index is 0.00000256. The highest BCUT2D eigenvalue weighted by Crippen LogP contribution is 2.18. The fourth-order valence-corrected chi connectivity index (χ4v) is 3.37. The van der Waals surface area contributed by atoms with Gasteiger partial charge in [0.05, 0.1) is 25.5 Å². The molecule has 0 aliphatic carbocycles. The summed E-state index contributed by atoms with van der Waals surface area (Å²) < 4.78 is 7.55. The molecule has 8 heteroatoms. The molecule has 2 N–H and O–H groups in total. The Morgan fingerprint density at radius 2 is 1.70 bits per heavy atom. The summed E-state index contributed by atoms with van der Waals surface area (Å²) in [5, 5.41) is 14.4. The van der Waals surface area contributed by atoms with Crippen LogP contribution in [0.4, 0.5) is 5.69 Å². The van der Waals surface area contributed by atoms with E-state index in [-0.39, 0.29) is 18.3 Å². The van der Waals surface area contributed by atoms with Crippen LogP contribution in [0, 0.1) is 0 Å². The normalized spacial score (nSPS) is 14.1. The summed E-state index contributed by atoms with van der Waals surface area (Å²) in [5.41, 5.74) is 3.25. The number of hydrogen-bond acceptors (Lipinski definition) is 5. The molecule has 2 aromatic carbocycles. The average Bonchev–Trinajstić information content (AvgIpc) is 3.27. The van der Waals surface area contributed by atoms with Crippen LogP contribution in [-0.2, 0) is 18.0 Å². The fraction of sp³-hybridized carbons (Fsp3) is 0.318. The molecule has 4 rings (SSSR count). The molecular formula is C22H26ClN5O2. The number of rotatable bonds is 7. The SMILES string of the molecule is Cl.O=C(Nc1ccc(COCc2ccccc2)cc1)c1cn(C2CCNCC2)nn1. The molecule has 1 aliphatic rings. The topological polar surface area (TPSA) is 81.1 Å². The molecule has 1 fully saturated rings. The van der Waals surface area contributed by atoms with Gasteiger partial charge in [-0.05, 0) is 49.2 Å². The van der Waals surface area contributed by atoms with Gasteiger partial charge in [-0.3, -0.25) is 4.79 Å². The van der Waals surface area contributed by atoms with Gasteiger partial charge in [-0.1, -0.05) is 47.7 Å². The molecule has 7 nitrogen and oxygen atoms in total. The number of carbonyl (C=O) groups is 1. The minimum absolute atomic E-state index is 0. The molecular weight excluding hydrogens is 402 g/mol. The van der Waals surface area contributed by atoms with Crippen molar-refractivity contribution in [2.45, 2.75) is 32.1 Å². The molecule has 0 unspecified atom stereocenters. The number of carbonyl (C=O) groups excluding carboxylic acids is 1. The Hall–Kier alpha value is -2.74. The first kappa shape index (κ1) is 22.0. The quantitative estimate of drug-likeness (QED) is 0.602. The Morgan fingerprint density at radius 3 is 2.40 bits per heavy atom. The minimum atomic E-state index is -0.252. The predicted octanol–water partition coefficient (Wildman–Crippen LogP) is 3.59. The lowest BCUT2D eigenvalue weighted by atomic mass is 10.1. The number of nitrogens with one attached hydrogen (secondary N) is 2. The zero-order valence-corrected chi connectivity index (χ0v) is 17.5. The minimum Gasteiger partial charge on any atom is -0.372 e. The lowest BCUT2D eigenvalue weighted by Gasteiger charge is -2.22. The molecule has 1 aromatic heterocycles. The average molecular weight is 428 g/mol. The van der Waals surface area contributed by atoms with Gasteiger partial charge in [-0.2, -0.15) is 0 Å². The number of ether oxygens (including phenoxy) is 1. The molecule has 1 aliphatic heterocycles. The number of piperidine rings is 1. The van der Waals surface area contributed by atoms with E-state index in [1.807, 2.05) is 59.3 Å². The van der Waals surface area contributed by atoms with E-state index < -0.39 is 0 Å². The van der Waals surface area contributed by atoms with Crippen LogP contribution in [0.5, 0.6) is 0 Å². The molecule has 158 valence electrons. The molecule has 0 bridgehead atoms. The lowest BCUT2D eigenvalue weighted by molar-refractivity contribution is 0.102. The van der Waals surface area contributed by atoms with Crippen LogP contribution in [0.15, 0.2) is 60.8 Å². The first-order valence-electron chi connectivity index (χ1n) is 9.92. The maximum Gasteiger partial charge on any atom is 0.277 e. The van der Waals surface area contributed by atoms with Gasteiger partial charge in [0.1, 0.15) is 0 Å². The van der Waals surface area contributed by atoms with Gasteiger partial charge >= 0.3 is 0 Å². The van der Waals surface area contributed by atoms with Gasteiger partial charge in [0, 0.05) is 5.69 Å². The van der Waals surface area contributed by atoms with Crippen molar-refractivity contribution < 1.29 is 9.53 Å². The van der Waals surface area contributed by atoms with E-state index in [4.69, 9.17) is 4.74 Å². The first-order chi connectivity index (χ1) is 14.3. The van der Waals surface area contributed by atoms with E-state index in [0.29, 0.717) is 24.9 Å². The second kappa shape index (κ2) is 10.9. The number of halogens is 1. The van der Waals surface area contributed by atoms with Gasteiger partial charge in [-0.25, -0.2) is 4.68 Å². The van der Waals surface area contributed by atoms with Gasteiger partial charge in [0.25, 0.3) is 5.91 Å². The van der Waals surface area contributed by atoms with Crippen LogP contribution in [0.2, 0.25) is 0 Å². The standard InChI is InChI=1S/C22H25N5O2.ClH/c28-22(21-14-27(26-25-21)20-10-12-23-13-11-20)24-19-8-6-18(7-9-19)16-29-15-17-4-2-1-3-5-17;/h1-9,14,20,23H,10-13,15-16H2,(H,24,28);1H. The molecule has 0 atom stereocenters. The number of nitrogens with zero attached hydrogens (tertiary/aromatic N) is 3. The van der Waals surface area contributed by atoms with E-state index in [9.17, 15) is 4.79 Å². The van der Waals surface area contributed by atoms with Gasteiger partial charge in [0.15, 0.2) is 5.69 Å². The van der Waals surface area contributed by atoms with Crippen molar-refractivity contribution in [3.63, 3.8) is 0 Å². The molecule has 0 spiro atoms. The second-order valence-electron chi connectivity index (χ2n) is 7.19. The summed E-state index contributed by atoms with van der Waals surface area (Å²) in [5.74, 6) is -0.252. The van der Waals surface area contributed by atoms with Crippen molar-refractivity contribution in [3.05, 3.63) is 77.6 Å². The number of hydrogen-bond donors (Lipinski definition) is 2. The fourth-order valence-electron chi connectivity index (χ4n) is 3.37. The Morgan fingerprint density at radius 1 is 1.03 bits per heavy atom. The molecule has 30 heavy (non-hydrogen) atoms. The van der Waals surface area contributed by atoms with E-state index in [2.05, 4.69) is 20.9 Å². The van der Waals surface area contributed by atoms with Crippen LogP contribution in [0.1, 0.15) is 40.5 Å². The molecule has 1 saturated heterocycles. The third-order valence-electron chi connectivity index (χ3n) is 5.02. The zero-order valence-electron chi connectivity index (χ0n) is 16.7. The Labute approximate surface area is 182 Å². The number of aromatic nitrogens is 3. The molecule has 2 heterocycles. The van der Waals surface area contributed by atoms with Crippen molar-refractivity contribution in [3.8, 4) is 0 Å². The van der Waals surface area contributed by atoms with Crippen LogP contribution in [-0.4, -0.2) is 34.0 Å². The summed E-state index contributed by atoms with van der Waals surface area (Å²) in [6.45, 7) is 3.03.